The van der Waals surface area contributed by atoms with Crippen molar-refractivity contribution in [2.75, 3.05) is 11.4 Å². The van der Waals surface area contributed by atoms with Crippen LogP contribution >= 0.6 is 11.6 Å². The normalized spacial score (nSPS) is 14.1. The molecule has 0 unspecified atom stereocenters. The number of anilines is 1. The molecule has 3 aromatic rings. The Morgan fingerprint density at radius 1 is 1.10 bits per heavy atom. The van der Waals surface area contributed by atoms with Crippen molar-refractivity contribution in [3.05, 3.63) is 59.1 Å². The number of halogens is 1. The summed E-state index contributed by atoms with van der Waals surface area (Å²) in [5.41, 5.74) is 2.68. The van der Waals surface area contributed by atoms with Gasteiger partial charge in [-0.15, -0.1) is 0 Å². The lowest BCUT2D eigenvalue weighted by Gasteiger charge is -2.24. The van der Waals surface area contributed by atoms with Gasteiger partial charge in [-0.3, -0.25) is 9.69 Å². The molecular formula is C22H24ClN5O2. The monoisotopic (exact) mass is 425 g/mol. The quantitative estimate of drug-likeness (QED) is 0.656. The van der Waals surface area contributed by atoms with E-state index in [0.29, 0.717) is 30.6 Å². The summed E-state index contributed by atoms with van der Waals surface area (Å²) in [6.07, 6.45) is 0. The van der Waals surface area contributed by atoms with Crippen LogP contribution < -0.4 is 15.5 Å². The van der Waals surface area contributed by atoms with E-state index in [2.05, 4.69) is 15.6 Å². The topological polar surface area (TPSA) is 79.3 Å². The van der Waals surface area contributed by atoms with Gasteiger partial charge in [0.2, 0.25) is 11.9 Å². The fraction of sp³-hybridized carbons (Fsp3) is 0.318. The van der Waals surface area contributed by atoms with Gasteiger partial charge in [0, 0.05) is 24.7 Å². The number of carbonyl (C=O) groups is 2. The number of benzene rings is 2. The number of fused-ring (bicyclic) bond motifs is 3. The summed E-state index contributed by atoms with van der Waals surface area (Å²) >= 11 is 6.16. The summed E-state index contributed by atoms with van der Waals surface area (Å²) < 4.78 is 2.02. The number of urea groups is 1. The second-order valence-corrected chi connectivity index (χ2v) is 8.09. The van der Waals surface area contributed by atoms with Gasteiger partial charge in [-0.25, -0.2) is 9.78 Å². The van der Waals surface area contributed by atoms with E-state index >= 15 is 0 Å². The van der Waals surface area contributed by atoms with E-state index in [0.717, 1.165) is 16.6 Å². The van der Waals surface area contributed by atoms with Gasteiger partial charge in [0.1, 0.15) is 6.04 Å². The average molecular weight is 426 g/mol. The lowest BCUT2D eigenvalue weighted by Crippen LogP contribution is -2.53. The Kier molecular flexibility index (Phi) is 5.63. The fourth-order valence-electron chi connectivity index (χ4n) is 3.66. The third-order valence-electron chi connectivity index (χ3n) is 5.31. The maximum atomic E-state index is 13.0. The first kappa shape index (κ1) is 20.2. The lowest BCUT2D eigenvalue weighted by atomic mass is 10.0. The van der Waals surface area contributed by atoms with E-state index in [-0.39, 0.29) is 17.9 Å². The Hall–Kier alpha value is -3.06. The average Bonchev–Trinajstić information content (AvgIpc) is 3.30. The number of hydrogen-bond acceptors (Lipinski definition) is 3. The first-order valence-corrected chi connectivity index (χ1v) is 10.4. The minimum absolute atomic E-state index is 0.0818. The largest absolute Gasteiger partial charge is 0.350 e. The first-order chi connectivity index (χ1) is 14.5. The third-order valence-corrected chi connectivity index (χ3v) is 5.68. The maximum Gasteiger partial charge on any atom is 0.324 e. The standard InChI is InChI=1S/C22H24ClN5O2/c1-14(2)19(20(29)24-13-15-7-3-4-8-16(15)23)26-22(30)28-12-11-27-18-10-6-5-9-17(18)25-21(27)28/h3-10,14,19H,11-13H2,1-2H3,(H,24,29)(H,26,30)/t19-/m0/s1. The summed E-state index contributed by atoms with van der Waals surface area (Å²) in [7, 11) is 0. The molecule has 1 aromatic heterocycles. The lowest BCUT2D eigenvalue weighted by molar-refractivity contribution is -0.124. The van der Waals surface area contributed by atoms with Gasteiger partial charge in [-0.1, -0.05) is 55.8 Å². The fourth-order valence-corrected chi connectivity index (χ4v) is 3.86. The number of amides is 3. The highest BCUT2D eigenvalue weighted by atomic mass is 35.5. The Bertz CT molecular complexity index is 1090. The smallest absolute Gasteiger partial charge is 0.324 e. The predicted octanol–water partition coefficient (Wildman–Crippen LogP) is 3.56. The van der Waals surface area contributed by atoms with Crippen LogP contribution in [0.5, 0.6) is 0 Å². The van der Waals surface area contributed by atoms with Crippen LogP contribution in [0.2, 0.25) is 5.02 Å². The zero-order valence-electron chi connectivity index (χ0n) is 16.9. The molecule has 4 rings (SSSR count). The van der Waals surface area contributed by atoms with Crippen LogP contribution in [0.3, 0.4) is 0 Å². The van der Waals surface area contributed by atoms with Gasteiger partial charge in [0.15, 0.2) is 0 Å². The Labute approximate surface area is 180 Å². The number of rotatable bonds is 5. The van der Waals surface area contributed by atoms with Crippen molar-refractivity contribution >= 4 is 40.5 Å². The van der Waals surface area contributed by atoms with Crippen LogP contribution in [-0.2, 0) is 17.9 Å². The van der Waals surface area contributed by atoms with Crippen molar-refractivity contribution in [2.24, 2.45) is 5.92 Å². The third kappa shape index (κ3) is 3.85. The highest BCUT2D eigenvalue weighted by molar-refractivity contribution is 6.31. The van der Waals surface area contributed by atoms with Crippen LogP contribution in [0.15, 0.2) is 48.5 Å². The zero-order chi connectivity index (χ0) is 21.3. The molecule has 0 saturated carbocycles. The Morgan fingerprint density at radius 2 is 1.83 bits per heavy atom. The Balaban J connectivity index is 1.45. The van der Waals surface area contributed by atoms with Crippen LogP contribution in [0.1, 0.15) is 19.4 Å². The van der Waals surface area contributed by atoms with E-state index < -0.39 is 6.04 Å². The molecule has 0 bridgehead atoms. The molecule has 1 atom stereocenters. The van der Waals surface area contributed by atoms with Crippen LogP contribution in [0.4, 0.5) is 10.7 Å². The second-order valence-electron chi connectivity index (χ2n) is 7.68. The summed E-state index contributed by atoms with van der Waals surface area (Å²) in [5.74, 6) is 0.278. The molecule has 8 heteroatoms. The van der Waals surface area contributed by atoms with Gasteiger partial charge in [0.05, 0.1) is 11.0 Å². The molecule has 2 N–H and O–H groups in total. The molecule has 0 radical (unpaired) electrons. The van der Waals surface area contributed by atoms with Crippen molar-refractivity contribution in [1.82, 2.24) is 20.2 Å². The number of para-hydroxylation sites is 2. The van der Waals surface area contributed by atoms with Crippen molar-refractivity contribution in [2.45, 2.75) is 33.0 Å². The van der Waals surface area contributed by atoms with Crippen molar-refractivity contribution < 1.29 is 9.59 Å². The predicted molar refractivity (Wildman–Crippen MR) is 118 cm³/mol. The summed E-state index contributed by atoms with van der Waals surface area (Å²) in [6, 6.07) is 14.2. The number of carbonyl (C=O) groups excluding carboxylic acids is 2. The summed E-state index contributed by atoms with van der Waals surface area (Å²) in [5, 5.41) is 6.36. The minimum Gasteiger partial charge on any atom is -0.350 e. The van der Waals surface area contributed by atoms with E-state index in [1.54, 1.807) is 11.0 Å². The molecule has 2 heterocycles. The van der Waals surface area contributed by atoms with Crippen LogP contribution in [0.25, 0.3) is 11.0 Å². The molecule has 0 saturated heterocycles. The van der Waals surface area contributed by atoms with Gasteiger partial charge >= 0.3 is 6.03 Å². The molecule has 156 valence electrons. The van der Waals surface area contributed by atoms with Crippen molar-refractivity contribution in [3.63, 3.8) is 0 Å². The summed E-state index contributed by atoms with van der Waals surface area (Å²) in [6.45, 7) is 5.30. The maximum absolute atomic E-state index is 13.0. The number of nitrogens with one attached hydrogen (secondary N) is 2. The molecule has 3 amide bonds. The molecular weight excluding hydrogens is 402 g/mol. The highest BCUT2D eigenvalue weighted by Gasteiger charge is 2.32. The minimum atomic E-state index is -0.668. The summed E-state index contributed by atoms with van der Waals surface area (Å²) in [4.78, 5) is 32.0. The molecule has 2 aromatic carbocycles. The highest BCUT2D eigenvalue weighted by Crippen LogP contribution is 2.27. The number of hydrogen-bond donors (Lipinski definition) is 2. The zero-order valence-corrected chi connectivity index (χ0v) is 17.7. The van der Waals surface area contributed by atoms with Gasteiger partial charge in [-0.05, 0) is 29.7 Å². The van der Waals surface area contributed by atoms with Crippen molar-refractivity contribution in [3.8, 4) is 0 Å². The van der Waals surface area contributed by atoms with E-state index in [9.17, 15) is 9.59 Å². The van der Waals surface area contributed by atoms with Crippen molar-refractivity contribution in [1.29, 1.82) is 0 Å². The SMILES string of the molecule is CC(C)[C@H](NC(=O)N1CCn2c1nc1ccccc12)C(=O)NCc1ccccc1Cl. The molecule has 1 aliphatic rings. The van der Waals surface area contributed by atoms with Crippen LogP contribution in [0, 0.1) is 5.92 Å². The molecule has 0 spiro atoms. The van der Waals surface area contributed by atoms with Gasteiger partial charge in [0.25, 0.3) is 0 Å². The molecule has 1 aliphatic heterocycles. The Morgan fingerprint density at radius 3 is 2.60 bits per heavy atom. The molecule has 0 aliphatic carbocycles. The first-order valence-electron chi connectivity index (χ1n) is 10.00. The second kappa shape index (κ2) is 8.36. The number of nitrogens with zero attached hydrogens (tertiary/aromatic N) is 3. The number of aromatic nitrogens is 2. The number of imidazole rings is 1. The van der Waals surface area contributed by atoms with E-state index in [1.165, 1.54) is 0 Å². The molecule has 7 nitrogen and oxygen atoms in total. The van der Waals surface area contributed by atoms with E-state index in [1.807, 2.05) is 60.9 Å². The van der Waals surface area contributed by atoms with Gasteiger partial charge in [-0.2, -0.15) is 0 Å². The molecule has 0 fully saturated rings. The van der Waals surface area contributed by atoms with E-state index in [4.69, 9.17) is 11.6 Å². The molecule has 30 heavy (non-hydrogen) atoms. The van der Waals surface area contributed by atoms with Crippen LogP contribution in [-0.4, -0.2) is 34.1 Å². The van der Waals surface area contributed by atoms with Gasteiger partial charge < -0.3 is 15.2 Å².